The van der Waals surface area contributed by atoms with Gasteiger partial charge >= 0.3 is 0 Å². The van der Waals surface area contributed by atoms with Crippen molar-refractivity contribution in [2.45, 2.75) is 17.5 Å². The number of aromatic nitrogens is 1. The molecule has 0 bridgehead atoms. The summed E-state index contributed by atoms with van der Waals surface area (Å²) >= 11 is 0. The smallest absolute Gasteiger partial charge is 0.128 e. The van der Waals surface area contributed by atoms with Crippen molar-refractivity contribution in [3.8, 4) is 11.1 Å². The van der Waals surface area contributed by atoms with E-state index in [0.29, 0.717) is 6.04 Å². The first-order valence-electron chi connectivity index (χ1n) is 8.00. The Hall–Kier alpha value is -2.02. The normalized spacial score (nSPS) is 21.1. The molecule has 1 atom stereocenters. The summed E-state index contributed by atoms with van der Waals surface area (Å²) < 4.78 is 28.1. The summed E-state index contributed by atoms with van der Waals surface area (Å²) in [7, 11) is -1.06. The van der Waals surface area contributed by atoms with Gasteiger partial charge in [0.1, 0.15) is 16.8 Å². The van der Waals surface area contributed by atoms with Gasteiger partial charge in [0.2, 0.25) is 0 Å². The molecule has 2 N–H and O–H groups in total. The zero-order valence-corrected chi connectivity index (χ0v) is 13.7. The van der Waals surface area contributed by atoms with E-state index in [1.54, 1.807) is 6.07 Å². The highest BCUT2D eigenvalue weighted by molar-refractivity contribution is 7.83. The summed E-state index contributed by atoms with van der Waals surface area (Å²) in [6, 6.07) is 11.2. The summed E-state index contributed by atoms with van der Waals surface area (Å²) in [5.74, 6) is -0.245. The van der Waals surface area contributed by atoms with Gasteiger partial charge in [-0.3, -0.25) is 0 Å². The highest BCUT2D eigenvalue weighted by Crippen LogP contribution is 2.35. The van der Waals surface area contributed by atoms with Gasteiger partial charge in [0, 0.05) is 48.3 Å². The van der Waals surface area contributed by atoms with Crippen LogP contribution in [0.2, 0.25) is 0 Å². The zero-order valence-electron chi connectivity index (χ0n) is 12.9. The van der Waals surface area contributed by atoms with Crippen molar-refractivity contribution in [1.29, 1.82) is 0 Å². The second-order valence-electron chi connectivity index (χ2n) is 6.35. The van der Waals surface area contributed by atoms with Crippen LogP contribution in [-0.2, 0) is 17.5 Å². The summed E-state index contributed by atoms with van der Waals surface area (Å²) in [6.45, 7) is 2.53. The lowest BCUT2D eigenvalue weighted by molar-refractivity contribution is 0.253. The Kier molecular flexibility index (Phi) is 3.13. The molecule has 24 heavy (non-hydrogen) atoms. The topological polar surface area (TPSA) is 48.1 Å². The van der Waals surface area contributed by atoms with Crippen molar-refractivity contribution in [1.82, 2.24) is 14.6 Å². The van der Waals surface area contributed by atoms with Crippen LogP contribution in [0, 0.1) is 5.82 Å². The van der Waals surface area contributed by atoms with Crippen LogP contribution in [0.1, 0.15) is 5.56 Å². The number of nitrogens with one attached hydrogen (secondary N) is 2. The average Bonchev–Trinajstić information content (AvgIpc) is 3.07. The average molecular weight is 341 g/mol. The van der Waals surface area contributed by atoms with Gasteiger partial charge in [-0.05, 0) is 41.5 Å². The molecule has 2 aliphatic heterocycles. The van der Waals surface area contributed by atoms with E-state index in [0.717, 1.165) is 52.1 Å². The van der Waals surface area contributed by atoms with Crippen LogP contribution in [-0.4, -0.2) is 32.6 Å². The molecular weight excluding hydrogens is 325 g/mol. The van der Waals surface area contributed by atoms with Crippen LogP contribution in [0.15, 0.2) is 47.5 Å². The number of hydrogen-bond acceptors (Lipinski definition) is 2. The molecule has 5 rings (SSSR count). The van der Waals surface area contributed by atoms with Crippen LogP contribution < -0.4 is 5.32 Å². The molecule has 122 valence electrons. The van der Waals surface area contributed by atoms with Gasteiger partial charge in [-0.1, -0.05) is 6.07 Å². The van der Waals surface area contributed by atoms with Crippen molar-refractivity contribution >= 4 is 21.9 Å². The van der Waals surface area contributed by atoms with Crippen molar-refractivity contribution in [2.75, 3.05) is 13.1 Å². The third-order valence-electron chi connectivity index (χ3n) is 4.91. The molecule has 0 saturated carbocycles. The fourth-order valence-electron chi connectivity index (χ4n) is 3.47. The lowest BCUT2D eigenvalue weighted by atomic mass is 10.0. The molecule has 2 aliphatic rings. The van der Waals surface area contributed by atoms with E-state index >= 15 is 0 Å². The zero-order chi connectivity index (χ0) is 16.3. The monoisotopic (exact) mass is 341 g/mol. The van der Waals surface area contributed by atoms with Crippen LogP contribution in [0.3, 0.4) is 0 Å². The minimum Gasteiger partial charge on any atom is -0.360 e. The van der Waals surface area contributed by atoms with E-state index in [4.69, 9.17) is 0 Å². The highest BCUT2D eigenvalue weighted by atomic mass is 32.2. The van der Waals surface area contributed by atoms with Gasteiger partial charge in [-0.2, -0.15) is 0 Å². The summed E-state index contributed by atoms with van der Waals surface area (Å²) in [6.07, 6.45) is 1.91. The molecule has 1 unspecified atom stereocenters. The maximum absolute atomic E-state index is 13.4. The molecule has 3 aromatic rings. The second kappa shape index (κ2) is 5.24. The predicted molar refractivity (Wildman–Crippen MR) is 92.3 cm³/mol. The molecule has 0 spiro atoms. The second-order valence-corrected chi connectivity index (χ2v) is 7.76. The Morgan fingerprint density at radius 2 is 2.04 bits per heavy atom. The lowest BCUT2D eigenvalue weighted by Gasteiger charge is -2.33. The Balaban J connectivity index is 1.56. The summed E-state index contributed by atoms with van der Waals surface area (Å²) in [4.78, 5) is 4.04. The molecule has 2 aromatic carbocycles. The molecule has 4 nitrogen and oxygen atoms in total. The number of H-pyrrole nitrogens is 1. The summed E-state index contributed by atoms with van der Waals surface area (Å²) in [5.41, 5.74) is 4.02. The highest BCUT2D eigenvalue weighted by Gasteiger charge is 2.35. The van der Waals surface area contributed by atoms with Crippen molar-refractivity contribution in [2.24, 2.45) is 0 Å². The Morgan fingerprint density at radius 1 is 1.17 bits per heavy atom. The fourth-order valence-corrected chi connectivity index (χ4v) is 4.93. The van der Waals surface area contributed by atoms with Gasteiger partial charge in [0.25, 0.3) is 0 Å². The minimum absolute atomic E-state index is 0.245. The molecule has 0 amide bonds. The van der Waals surface area contributed by atoms with Gasteiger partial charge in [0.05, 0.1) is 4.90 Å². The number of rotatable bonds is 2. The van der Waals surface area contributed by atoms with Crippen LogP contribution >= 0.6 is 0 Å². The fraction of sp³-hybridized carbons (Fsp3) is 0.222. The van der Waals surface area contributed by atoms with Gasteiger partial charge in [0.15, 0.2) is 0 Å². The molecule has 1 fully saturated rings. The van der Waals surface area contributed by atoms with E-state index in [2.05, 4.69) is 20.7 Å². The van der Waals surface area contributed by atoms with Gasteiger partial charge in [-0.15, -0.1) is 0 Å². The van der Waals surface area contributed by atoms with Crippen LogP contribution in [0.4, 0.5) is 4.39 Å². The van der Waals surface area contributed by atoms with E-state index < -0.39 is 11.0 Å². The standard InChI is InChI=1S/C18H16FN3OS/c19-13-2-3-15-16(9-21-17(15)6-13)11-1-4-18-12(5-11)10-22(24(18)23)14-7-20-8-14/h1-6,9,14,20-21H,7-8,10H2. The number of hydrogen-bond donors (Lipinski definition) is 2. The molecule has 3 heterocycles. The molecule has 0 radical (unpaired) electrons. The number of aromatic amines is 1. The first-order chi connectivity index (χ1) is 11.7. The van der Waals surface area contributed by atoms with Crippen LogP contribution in [0.5, 0.6) is 0 Å². The Labute approximate surface area is 141 Å². The number of fused-ring (bicyclic) bond motifs is 2. The maximum Gasteiger partial charge on any atom is 0.128 e. The summed E-state index contributed by atoms with van der Waals surface area (Å²) in [5, 5.41) is 4.23. The molecule has 1 saturated heterocycles. The number of halogens is 1. The molecule has 6 heteroatoms. The SMILES string of the molecule is O=S1c2ccc(-c3c[nH]c4cc(F)ccc34)cc2CN1C1CNC1. The van der Waals surface area contributed by atoms with Gasteiger partial charge in [-0.25, -0.2) is 12.9 Å². The van der Waals surface area contributed by atoms with Crippen molar-refractivity contribution in [3.05, 3.63) is 54.0 Å². The van der Waals surface area contributed by atoms with Crippen molar-refractivity contribution in [3.63, 3.8) is 0 Å². The Bertz CT molecular complexity index is 980. The Morgan fingerprint density at radius 3 is 2.83 bits per heavy atom. The van der Waals surface area contributed by atoms with Crippen LogP contribution in [0.25, 0.3) is 22.0 Å². The largest absolute Gasteiger partial charge is 0.360 e. The maximum atomic E-state index is 13.4. The first kappa shape index (κ1) is 14.3. The number of nitrogens with zero attached hydrogens (tertiary/aromatic N) is 1. The number of benzene rings is 2. The van der Waals surface area contributed by atoms with Gasteiger partial charge < -0.3 is 10.3 Å². The predicted octanol–water partition coefficient (Wildman–Crippen LogP) is 2.78. The van der Waals surface area contributed by atoms with E-state index in [-0.39, 0.29) is 5.82 Å². The van der Waals surface area contributed by atoms with E-state index in [9.17, 15) is 8.60 Å². The third-order valence-corrected chi connectivity index (χ3v) is 6.54. The third kappa shape index (κ3) is 2.07. The minimum atomic E-state index is -1.06. The molecular formula is C18H16FN3OS. The van der Waals surface area contributed by atoms with E-state index in [1.807, 2.05) is 18.3 Å². The molecule has 1 aromatic heterocycles. The quantitative estimate of drug-likeness (QED) is 0.753. The van der Waals surface area contributed by atoms with E-state index in [1.165, 1.54) is 12.1 Å². The lowest BCUT2D eigenvalue weighted by Crippen LogP contribution is -2.56. The first-order valence-corrected chi connectivity index (χ1v) is 9.10. The van der Waals surface area contributed by atoms with Crippen molar-refractivity contribution < 1.29 is 8.60 Å². The molecule has 0 aliphatic carbocycles.